The molecule has 0 spiro atoms. The molecule has 23 heavy (non-hydrogen) atoms. The molecule has 1 amide bonds. The maximum absolute atomic E-state index is 12.2. The first kappa shape index (κ1) is 15.3. The van der Waals surface area contributed by atoms with Crippen molar-refractivity contribution in [1.82, 2.24) is 5.43 Å². The lowest BCUT2D eigenvalue weighted by atomic mass is 10.0. The molecule has 1 N–H and O–H groups in total. The van der Waals surface area contributed by atoms with Crippen LogP contribution in [0.3, 0.4) is 0 Å². The number of anilines is 1. The molecule has 0 bridgehead atoms. The Morgan fingerprint density at radius 2 is 1.65 bits per heavy atom. The van der Waals surface area contributed by atoms with E-state index in [2.05, 4.69) is 29.7 Å². The standard InChI is InChI=1S/C20H20N2O/c1-15-12-13-18-10-6-7-11-19(18)20(15)22(16(2)23)21-14-17-8-4-3-5-9-17/h3-13,21H,14H2,1-2H3. The van der Waals surface area contributed by atoms with Gasteiger partial charge in [0.25, 0.3) is 0 Å². The topological polar surface area (TPSA) is 32.3 Å². The van der Waals surface area contributed by atoms with Gasteiger partial charge in [-0.2, -0.15) is 0 Å². The van der Waals surface area contributed by atoms with E-state index in [9.17, 15) is 4.79 Å². The first-order valence-corrected chi connectivity index (χ1v) is 7.73. The van der Waals surface area contributed by atoms with Crippen LogP contribution in [0, 0.1) is 6.92 Å². The van der Waals surface area contributed by atoms with Crippen LogP contribution < -0.4 is 10.4 Å². The maximum Gasteiger partial charge on any atom is 0.238 e. The van der Waals surface area contributed by atoms with Gasteiger partial charge in [-0.3, -0.25) is 4.79 Å². The highest BCUT2D eigenvalue weighted by molar-refractivity contribution is 6.03. The van der Waals surface area contributed by atoms with Gasteiger partial charge in [0.2, 0.25) is 5.91 Å². The largest absolute Gasteiger partial charge is 0.273 e. The summed E-state index contributed by atoms with van der Waals surface area (Å²) < 4.78 is 0. The van der Waals surface area contributed by atoms with Gasteiger partial charge in [0.1, 0.15) is 0 Å². The molecule has 116 valence electrons. The average molecular weight is 304 g/mol. The lowest BCUT2D eigenvalue weighted by molar-refractivity contribution is -0.117. The van der Waals surface area contributed by atoms with Crippen LogP contribution in [0.25, 0.3) is 10.8 Å². The molecular weight excluding hydrogens is 284 g/mol. The van der Waals surface area contributed by atoms with Crippen LogP contribution in [0.15, 0.2) is 66.7 Å². The minimum absolute atomic E-state index is 0.0274. The number of hydrogen-bond donors (Lipinski definition) is 1. The summed E-state index contributed by atoms with van der Waals surface area (Å²) in [5.74, 6) is -0.0274. The lowest BCUT2D eigenvalue weighted by Gasteiger charge is -2.25. The van der Waals surface area contributed by atoms with Gasteiger partial charge in [-0.05, 0) is 23.4 Å². The molecule has 0 radical (unpaired) electrons. The number of carbonyl (C=O) groups is 1. The van der Waals surface area contributed by atoms with Gasteiger partial charge in [-0.25, -0.2) is 10.4 Å². The number of aryl methyl sites for hydroxylation is 1. The summed E-state index contributed by atoms with van der Waals surface area (Å²) in [5.41, 5.74) is 6.40. The Bertz CT molecular complexity index is 827. The van der Waals surface area contributed by atoms with Gasteiger partial charge in [0.05, 0.1) is 5.69 Å². The van der Waals surface area contributed by atoms with Crippen LogP contribution in [0.4, 0.5) is 5.69 Å². The number of rotatable bonds is 4. The summed E-state index contributed by atoms with van der Waals surface area (Å²) >= 11 is 0. The summed E-state index contributed by atoms with van der Waals surface area (Å²) in [6.07, 6.45) is 0. The third-order valence-electron chi connectivity index (χ3n) is 3.92. The van der Waals surface area contributed by atoms with E-state index < -0.39 is 0 Å². The molecule has 0 fully saturated rings. The van der Waals surface area contributed by atoms with Crippen LogP contribution in [0.5, 0.6) is 0 Å². The van der Waals surface area contributed by atoms with E-state index in [1.807, 2.05) is 49.4 Å². The van der Waals surface area contributed by atoms with Gasteiger partial charge in [0, 0.05) is 18.9 Å². The van der Waals surface area contributed by atoms with E-state index in [4.69, 9.17) is 0 Å². The predicted molar refractivity (Wildman–Crippen MR) is 95.1 cm³/mol. The zero-order chi connectivity index (χ0) is 16.2. The lowest BCUT2D eigenvalue weighted by Crippen LogP contribution is -2.41. The zero-order valence-corrected chi connectivity index (χ0v) is 13.4. The number of fused-ring (bicyclic) bond motifs is 1. The van der Waals surface area contributed by atoms with Crippen molar-refractivity contribution < 1.29 is 4.79 Å². The van der Waals surface area contributed by atoms with Crippen molar-refractivity contribution in [2.75, 3.05) is 5.01 Å². The van der Waals surface area contributed by atoms with Crippen molar-refractivity contribution in [2.45, 2.75) is 20.4 Å². The summed E-state index contributed by atoms with van der Waals surface area (Å²) in [6, 6.07) is 22.3. The first-order chi connectivity index (χ1) is 11.2. The highest BCUT2D eigenvalue weighted by atomic mass is 16.2. The fourth-order valence-corrected chi connectivity index (χ4v) is 2.77. The number of nitrogens with zero attached hydrogens (tertiary/aromatic N) is 1. The second kappa shape index (κ2) is 6.63. The third-order valence-corrected chi connectivity index (χ3v) is 3.92. The Morgan fingerprint density at radius 3 is 2.39 bits per heavy atom. The van der Waals surface area contributed by atoms with E-state index in [1.165, 1.54) is 0 Å². The molecule has 0 aliphatic rings. The highest BCUT2D eigenvalue weighted by Gasteiger charge is 2.16. The molecule has 0 atom stereocenters. The number of hydrogen-bond acceptors (Lipinski definition) is 2. The fraction of sp³-hybridized carbons (Fsp3) is 0.150. The number of hydrazine groups is 1. The molecule has 0 aromatic heterocycles. The van der Waals surface area contributed by atoms with Crippen molar-refractivity contribution in [1.29, 1.82) is 0 Å². The summed E-state index contributed by atoms with van der Waals surface area (Å²) in [4.78, 5) is 12.2. The number of nitrogens with one attached hydrogen (secondary N) is 1. The Hall–Kier alpha value is -2.65. The van der Waals surface area contributed by atoms with Crippen molar-refractivity contribution >= 4 is 22.4 Å². The molecule has 0 saturated carbocycles. The van der Waals surface area contributed by atoms with Crippen molar-refractivity contribution in [3.8, 4) is 0 Å². The minimum Gasteiger partial charge on any atom is -0.273 e. The van der Waals surface area contributed by atoms with Gasteiger partial charge in [-0.1, -0.05) is 66.7 Å². The smallest absolute Gasteiger partial charge is 0.238 e. The van der Waals surface area contributed by atoms with Crippen LogP contribution in [0.1, 0.15) is 18.1 Å². The molecule has 0 saturated heterocycles. The van der Waals surface area contributed by atoms with Gasteiger partial charge < -0.3 is 0 Å². The first-order valence-electron chi connectivity index (χ1n) is 7.73. The third kappa shape index (κ3) is 3.25. The molecule has 3 rings (SSSR count). The Balaban J connectivity index is 1.98. The van der Waals surface area contributed by atoms with Crippen molar-refractivity contribution in [3.05, 3.63) is 77.9 Å². The molecule has 3 aromatic rings. The minimum atomic E-state index is -0.0274. The van der Waals surface area contributed by atoms with E-state index in [0.29, 0.717) is 6.54 Å². The molecule has 3 aromatic carbocycles. The van der Waals surface area contributed by atoms with Crippen LogP contribution in [0.2, 0.25) is 0 Å². The van der Waals surface area contributed by atoms with Gasteiger partial charge >= 0.3 is 0 Å². The summed E-state index contributed by atoms with van der Waals surface area (Å²) in [6.45, 7) is 4.21. The van der Waals surface area contributed by atoms with Gasteiger partial charge in [-0.15, -0.1) is 0 Å². The van der Waals surface area contributed by atoms with Crippen molar-refractivity contribution in [3.63, 3.8) is 0 Å². The molecule has 0 aliphatic heterocycles. The monoisotopic (exact) mass is 304 g/mol. The van der Waals surface area contributed by atoms with E-state index >= 15 is 0 Å². The second-order valence-corrected chi connectivity index (χ2v) is 5.63. The van der Waals surface area contributed by atoms with Crippen molar-refractivity contribution in [2.24, 2.45) is 0 Å². The van der Waals surface area contributed by atoms with E-state index in [0.717, 1.165) is 27.6 Å². The van der Waals surface area contributed by atoms with Crippen LogP contribution in [-0.4, -0.2) is 5.91 Å². The average Bonchev–Trinajstić information content (AvgIpc) is 2.57. The number of amides is 1. The predicted octanol–water partition coefficient (Wildman–Crippen LogP) is 4.21. The van der Waals surface area contributed by atoms with Gasteiger partial charge in [0.15, 0.2) is 0 Å². The molecule has 0 aliphatic carbocycles. The van der Waals surface area contributed by atoms with E-state index in [-0.39, 0.29) is 5.91 Å². The molecule has 3 nitrogen and oxygen atoms in total. The molecule has 3 heteroatoms. The number of carbonyl (C=O) groups excluding carboxylic acids is 1. The fourth-order valence-electron chi connectivity index (χ4n) is 2.77. The SMILES string of the molecule is CC(=O)N(NCc1ccccc1)c1c(C)ccc2ccccc12. The highest BCUT2D eigenvalue weighted by Crippen LogP contribution is 2.29. The van der Waals surface area contributed by atoms with E-state index in [1.54, 1.807) is 11.9 Å². The Morgan fingerprint density at radius 1 is 0.957 bits per heavy atom. The normalized spacial score (nSPS) is 10.7. The quantitative estimate of drug-likeness (QED) is 0.732. The molecule has 0 unspecified atom stereocenters. The maximum atomic E-state index is 12.2. The molecular formula is C20H20N2O. The Kier molecular flexibility index (Phi) is 4.40. The second-order valence-electron chi connectivity index (χ2n) is 5.63. The van der Waals surface area contributed by atoms with Crippen LogP contribution in [-0.2, 0) is 11.3 Å². The molecule has 0 heterocycles. The Labute approximate surface area is 136 Å². The zero-order valence-electron chi connectivity index (χ0n) is 13.4. The number of benzene rings is 3. The summed E-state index contributed by atoms with van der Waals surface area (Å²) in [7, 11) is 0. The summed E-state index contributed by atoms with van der Waals surface area (Å²) in [5, 5.41) is 3.86. The van der Waals surface area contributed by atoms with Crippen LogP contribution >= 0.6 is 0 Å².